The van der Waals surface area contributed by atoms with Gasteiger partial charge in [-0.15, -0.1) is 24.0 Å². The van der Waals surface area contributed by atoms with Crippen molar-refractivity contribution in [3.63, 3.8) is 0 Å². The summed E-state index contributed by atoms with van der Waals surface area (Å²) in [6, 6.07) is 18.7. The van der Waals surface area contributed by atoms with Gasteiger partial charge in [0.25, 0.3) is 0 Å². The van der Waals surface area contributed by atoms with Crippen LogP contribution < -0.4 is 10.1 Å². The Morgan fingerprint density at radius 2 is 1.88 bits per heavy atom. The summed E-state index contributed by atoms with van der Waals surface area (Å²) < 4.78 is 11.6. The minimum atomic E-state index is 0. The summed E-state index contributed by atoms with van der Waals surface area (Å²) in [6.45, 7) is 7.08. The first-order chi connectivity index (χ1) is 15.6. The van der Waals surface area contributed by atoms with Crippen LogP contribution in [0.5, 0.6) is 5.75 Å². The molecule has 0 aliphatic carbocycles. The van der Waals surface area contributed by atoms with Crippen LogP contribution in [0.4, 0.5) is 0 Å². The second-order valence-electron chi connectivity index (χ2n) is 8.52. The summed E-state index contributed by atoms with van der Waals surface area (Å²) >= 11 is 0. The van der Waals surface area contributed by atoms with E-state index in [0.717, 1.165) is 49.9 Å². The SMILES string of the molecule is CCNC(=NCC(c1ccccc1OC)N(C)C)N1CCC(COCc2ccccc2)C1.I. The highest BCUT2D eigenvalue weighted by Crippen LogP contribution is 2.28. The zero-order chi connectivity index (χ0) is 22.8. The Hall–Kier alpha value is -1.84. The van der Waals surface area contributed by atoms with Crippen LogP contribution in [-0.4, -0.2) is 69.8 Å². The van der Waals surface area contributed by atoms with Crippen LogP contribution in [0.3, 0.4) is 0 Å². The van der Waals surface area contributed by atoms with Crippen molar-refractivity contribution in [1.29, 1.82) is 0 Å². The average Bonchev–Trinajstić information content (AvgIpc) is 3.28. The fourth-order valence-electron chi connectivity index (χ4n) is 4.16. The molecule has 0 saturated carbocycles. The molecular formula is C26H39IN4O2. The molecule has 1 saturated heterocycles. The summed E-state index contributed by atoms with van der Waals surface area (Å²) in [4.78, 5) is 9.60. The summed E-state index contributed by atoms with van der Waals surface area (Å²) in [7, 11) is 5.91. The van der Waals surface area contributed by atoms with Gasteiger partial charge < -0.3 is 24.6 Å². The molecule has 1 aliphatic rings. The zero-order valence-corrected chi connectivity index (χ0v) is 22.7. The molecule has 2 aromatic carbocycles. The molecule has 182 valence electrons. The molecular weight excluding hydrogens is 527 g/mol. The largest absolute Gasteiger partial charge is 0.496 e. The maximum atomic E-state index is 6.00. The Bertz CT molecular complexity index is 847. The van der Waals surface area contributed by atoms with Gasteiger partial charge >= 0.3 is 0 Å². The third-order valence-electron chi connectivity index (χ3n) is 5.92. The standard InChI is InChI=1S/C26H38N4O2.HI/c1-5-27-26(28-17-24(29(2)3)23-13-9-10-14-25(23)31-4)30-16-15-22(18-30)20-32-19-21-11-7-6-8-12-21;/h6-14,22,24H,5,15-20H2,1-4H3,(H,27,28);1H. The average molecular weight is 567 g/mol. The number of likely N-dealkylation sites (tertiary alicyclic amines) is 1. The first-order valence-electron chi connectivity index (χ1n) is 11.6. The Kier molecular flexibility index (Phi) is 12.0. The third-order valence-corrected chi connectivity index (χ3v) is 5.92. The molecule has 6 nitrogen and oxygen atoms in total. The van der Waals surface area contributed by atoms with E-state index in [9.17, 15) is 0 Å². The molecule has 1 aliphatic heterocycles. The van der Waals surface area contributed by atoms with Crippen molar-refractivity contribution < 1.29 is 9.47 Å². The summed E-state index contributed by atoms with van der Waals surface area (Å²) in [6.07, 6.45) is 1.13. The highest BCUT2D eigenvalue weighted by atomic mass is 127. The molecule has 0 spiro atoms. The number of rotatable bonds is 10. The van der Waals surface area contributed by atoms with E-state index >= 15 is 0 Å². The van der Waals surface area contributed by atoms with Crippen molar-refractivity contribution in [2.24, 2.45) is 10.9 Å². The number of benzene rings is 2. The number of methoxy groups -OCH3 is 1. The predicted molar refractivity (Wildman–Crippen MR) is 147 cm³/mol. The van der Waals surface area contributed by atoms with Gasteiger partial charge in [0.2, 0.25) is 0 Å². The molecule has 0 amide bonds. The van der Waals surface area contributed by atoms with Gasteiger partial charge in [-0.1, -0.05) is 48.5 Å². The predicted octanol–water partition coefficient (Wildman–Crippen LogP) is 4.42. The van der Waals surface area contributed by atoms with Gasteiger partial charge in [-0.25, -0.2) is 0 Å². The highest BCUT2D eigenvalue weighted by Gasteiger charge is 2.26. The minimum absolute atomic E-state index is 0. The Labute approximate surface area is 216 Å². The third kappa shape index (κ3) is 8.15. The Morgan fingerprint density at radius 3 is 2.58 bits per heavy atom. The Morgan fingerprint density at radius 1 is 1.15 bits per heavy atom. The lowest BCUT2D eigenvalue weighted by Crippen LogP contribution is -2.41. The van der Waals surface area contributed by atoms with Gasteiger partial charge in [-0.05, 0) is 39.1 Å². The van der Waals surface area contributed by atoms with Crippen LogP contribution in [0, 0.1) is 5.92 Å². The molecule has 0 bridgehead atoms. The number of halogens is 1. The van der Waals surface area contributed by atoms with E-state index in [1.807, 2.05) is 18.2 Å². The van der Waals surface area contributed by atoms with Gasteiger partial charge in [-0.3, -0.25) is 4.99 Å². The fraction of sp³-hybridized carbons (Fsp3) is 0.500. The zero-order valence-electron chi connectivity index (χ0n) is 20.4. The summed E-state index contributed by atoms with van der Waals surface area (Å²) in [5.74, 6) is 2.42. The summed E-state index contributed by atoms with van der Waals surface area (Å²) in [5, 5.41) is 3.49. The van der Waals surface area contributed by atoms with Gasteiger partial charge in [0.1, 0.15) is 5.75 Å². The van der Waals surface area contributed by atoms with Crippen LogP contribution in [0.1, 0.15) is 30.5 Å². The van der Waals surface area contributed by atoms with E-state index in [2.05, 4.69) is 72.5 Å². The number of para-hydroxylation sites is 1. The van der Waals surface area contributed by atoms with E-state index in [1.165, 1.54) is 5.56 Å². The Balaban J connectivity index is 0.00000385. The smallest absolute Gasteiger partial charge is 0.193 e. The van der Waals surface area contributed by atoms with E-state index in [-0.39, 0.29) is 30.0 Å². The van der Waals surface area contributed by atoms with Crippen molar-refractivity contribution >= 4 is 29.9 Å². The van der Waals surface area contributed by atoms with Gasteiger partial charge in [0.05, 0.1) is 32.9 Å². The van der Waals surface area contributed by atoms with E-state index < -0.39 is 0 Å². The maximum absolute atomic E-state index is 6.00. The number of likely N-dealkylation sites (N-methyl/N-ethyl adjacent to an activating group) is 1. The quantitative estimate of drug-likeness (QED) is 0.262. The molecule has 33 heavy (non-hydrogen) atoms. The van der Waals surface area contributed by atoms with E-state index in [0.29, 0.717) is 19.1 Å². The van der Waals surface area contributed by atoms with Gasteiger partial charge in [-0.2, -0.15) is 0 Å². The number of guanidine groups is 1. The molecule has 7 heteroatoms. The maximum Gasteiger partial charge on any atom is 0.193 e. The number of aliphatic imine (C=N–C) groups is 1. The normalized spacial score (nSPS) is 17.1. The van der Waals surface area contributed by atoms with Gasteiger partial charge in [0, 0.05) is 31.1 Å². The second-order valence-corrected chi connectivity index (χ2v) is 8.52. The monoisotopic (exact) mass is 566 g/mol. The van der Waals surface area contributed by atoms with Crippen LogP contribution in [0.15, 0.2) is 59.6 Å². The number of hydrogen-bond acceptors (Lipinski definition) is 4. The molecule has 2 aromatic rings. The highest BCUT2D eigenvalue weighted by molar-refractivity contribution is 14.0. The molecule has 1 heterocycles. The fourth-order valence-corrected chi connectivity index (χ4v) is 4.16. The molecule has 2 unspecified atom stereocenters. The van der Waals surface area contributed by atoms with Crippen molar-refractivity contribution in [1.82, 2.24) is 15.1 Å². The number of ether oxygens (including phenoxy) is 2. The second kappa shape index (κ2) is 14.4. The number of nitrogens with zero attached hydrogens (tertiary/aromatic N) is 3. The van der Waals surface area contributed by atoms with Gasteiger partial charge in [0.15, 0.2) is 5.96 Å². The topological polar surface area (TPSA) is 49.3 Å². The number of hydrogen-bond donors (Lipinski definition) is 1. The summed E-state index contributed by atoms with van der Waals surface area (Å²) in [5.41, 5.74) is 2.39. The van der Waals surface area contributed by atoms with Crippen LogP contribution in [-0.2, 0) is 11.3 Å². The van der Waals surface area contributed by atoms with Crippen LogP contribution >= 0.6 is 24.0 Å². The molecule has 0 aromatic heterocycles. The molecule has 0 radical (unpaired) electrons. The van der Waals surface area contributed by atoms with E-state index in [4.69, 9.17) is 14.5 Å². The van der Waals surface area contributed by atoms with Crippen molar-refractivity contribution in [2.75, 3.05) is 54.0 Å². The van der Waals surface area contributed by atoms with Crippen LogP contribution in [0.25, 0.3) is 0 Å². The van der Waals surface area contributed by atoms with Crippen molar-refractivity contribution in [2.45, 2.75) is 26.0 Å². The molecule has 1 fully saturated rings. The molecule has 2 atom stereocenters. The number of nitrogens with one attached hydrogen (secondary N) is 1. The van der Waals surface area contributed by atoms with E-state index in [1.54, 1.807) is 7.11 Å². The lowest BCUT2D eigenvalue weighted by atomic mass is 10.0. The minimum Gasteiger partial charge on any atom is -0.496 e. The van der Waals surface area contributed by atoms with Crippen molar-refractivity contribution in [3.05, 3.63) is 65.7 Å². The lowest BCUT2D eigenvalue weighted by molar-refractivity contribution is 0.0906. The first-order valence-corrected chi connectivity index (χ1v) is 11.6. The first kappa shape index (κ1) is 27.4. The lowest BCUT2D eigenvalue weighted by Gasteiger charge is -2.27. The van der Waals surface area contributed by atoms with Crippen molar-refractivity contribution in [3.8, 4) is 5.75 Å². The molecule has 1 N–H and O–H groups in total. The van der Waals surface area contributed by atoms with Crippen LogP contribution in [0.2, 0.25) is 0 Å². The molecule has 3 rings (SSSR count).